The van der Waals surface area contributed by atoms with Crippen molar-refractivity contribution in [1.29, 1.82) is 0 Å². The minimum absolute atomic E-state index is 0.327. The molecule has 1 aromatic rings. The average Bonchev–Trinajstić information content (AvgIpc) is 2.33. The molecule has 0 fully saturated rings. The number of carbonyl (C=O) groups excluding carboxylic acids is 1. The van der Waals surface area contributed by atoms with Crippen LogP contribution in [0.3, 0.4) is 0 Å². The van der Waals surface area contributed by atoms with Crippen molar-refractivity contribution >= 4 is 6.09 Å². The molecular formula is C14H23N3O2. The third kappa shape index (κ3) is 6.20. The normalized spacial score (nSPS) is 11.2. The SMILES string of the molecule is CC(C)(C)OC(=O)N(CCCN)Cc1ccccn1. The molecule has 0 unspecified atom stereocenters. The van der Waals surface area contributed by atoms with E-state index >= 15 is 0 Å². The summed E-state index contributed by atoms with van der Waals surface area (Å²) in [5, 5.41) is 0. The number of amides is 1. The molecule has 19 heavy (non-hydrogen) atoms. The predicted molar refractivity (Wildman–Crippen MR) is 74.6 cm³/mol. The summed E-state index contributed by atoms with van der Waals surface area (Å²) in [6.07, 6.45) is 2.13. The van der Waals surface area contributed by atoms with Crippen molar-refractivity contribution in [2.24, 2.45) is 5.73 Å². The molecule has 0 bridgehead atoms. The number of ether oxygens (including phenoxy) is 1. The van der Waals surface area contributed by atoms with Gasteiger partial charge in [-0.2, -0.15) is 0 Å². The third-order valence-electron chi connectivity index (χ3n) is 2.36. The van der Waals surface area contributed by atoms with Crippen LogP contribution in [0.5, 0.6) is 0 Å². The lowest BCUT2D eigenvalue weighted by Crippen LogP contribution is -2.37. The van der Waals surface area contributed by atoms with Crippen molar-refractivity contribution in [3.05, 3.63) is 30.1 Å². The Morgan fingerprint density at radius 3 is 2.68 bits per heavy atom. The molecule has 0 aliphatic rings. The summed E-state index contributed by atoms with van der Waals surface area (Å²) in [6.45, 7) is 7.12. The Hall–Kier alpha value is -1.62. The van der Waals surface area contributed by atoms with Gasteiger partial charge in [0.05, 0.1) is 12.2 Å². The number of hydrogen-bond donors (Lipinski definition) is 1. The van der Waals surface area contributed by atoms with Gasteiger partial charge in [-0.1, -0.05) is 6.07 Å². The van der Waals surface area contributed by atoms with Crippen LogP contribution >= 0.6 is 0 Å². The zero-order valence-corrected chi connectivity index (χ0v) is 11.9. The van der Waals surface area contributed by atoms with Crippen LogP contribution in [0, 0.1) is 0 Å². The standard InChI is InChI=1S/C14H23N3O2/c1-14(2,3)19-13(18)17(10-6-8-15)11-12-7-4-5-9-16-12/h4-5,7,9H,6,8,10-11,15H2,1-3H3. The summed E-state index contributed by atoms with van der Waals surface area (Å²) in [5.74, 6) is 0. The molecule has 1 amide bonds. The third-order valence-corrected chi connectivity index (χ3v) is 2.36. The van der Waals surface area contributed by atoms with Gasteiger partial charge >= 0.3 is 6.09 Å². The monoisotopic (exact) mass is 265 g/mol. The number of pyridine rings is 1. The second kappa shape index (κ2) is 7.09. The van der Waals surface area contributed by atoms with E-state index in [0.29, 0.717) is 19.6 Å². The lowest BCUT2D eigenvalue weighted by Gasteiger charge is -2.27. The van der Waals surface area contributed by atoms with E-state index in [1.165, 1.54) is 0 Å². The van der Waals surface area contributed by atoms with Gasteiger partial charge in [-0.15, -0.1) is 0 Å². The van der Waals surface area contributed by atoms with E-state index in [0.717, 1.165) is 12.1 Å². The summed E-state index contributed by atoms with van der Waals surface area (Å²) in [5.41, 5.74) is 5.84. The highest BCUT2D eigenvalue weighted by Crippen LogP contribution is 2.12. The summed E-state index contributed by atoms with van der Waals surface area (Å²) < 4.78 is 5.39. The first-order valence-corrected chi connectivity index (χ1v) is 6.50. The molecule has 0 saturated carbocycles. The second-order valence-electron chi connectivity index (χ2n) is 5.37. The zero-order chi connectivity index (χ0) is 14.3. The maximum atomic E-state index is 12.1. The Bertz CT molecular complexity index is 387. The van der Waals surface area contributed by atoms with Gasteiger partial charge in [0.25, 0.3) is 0 Å². The van der Waals surface area contributed by atoms with Gasteiger partial charge in [0.15, 0.2) is 0 Å². The molecule has 1 aromatic heterocycles. The fraction of sp³-hybridized carbons (Fsp3) is 0.571. The molecule has 1 rings (SSSR count). The van der Waals surface area contributed by atoms with Crippen molar-refractivity contribution in [2.45, 2.75) is 39.3 Å². The maximum absolute atomic E-state index is 12.1. The lowest BCUT2D eigenvalue weighted by molar-refractivity contribution is 0.0230. The smallest absolute Gasteiger partial charge is 0.410 e. The highest BCUT2D eigenvalue weighted by atomic mass is 16.6. The Balaban J connectivity index is 2.68. The first-order valence-electron chi connectivity index (χ1n) is 6.50. The van der Waals surface area contributed by atoms with Crippen LogP contribution in [0.15, 0.2) is 24.4 Å². The second-order valence-corrected chi connectivity index (χ2v) is 5.37. The average molecular weight is 265 g/mol. The topological polar surface area (TPSA) is 68.5 Å². The number of nitrogens with zero attached hydrogens (tertiary/aromatic N) is 2. The van der Waals surface area contributed by atoms with Crippen molar-refractivity contribution in [1.82, 2.24) is 9.88 Å². The van der Waals surface area contributed by atoms with Gasteiger partial charge in [0.1, 0.15) is 5.60 Å². The van der Waals surface area contributed by atoms with Gasteiger partial charge in [-0.3, -0.25) is 4.98 Å². The molecule has 0 atom stereocenters. The number of rotatable bonds is 5. The predicted octanol–water partition coefficient (Wildman–Crippen LogP) is 2.17. The lowest BCUT2D eigenvalue weighted by atomic mass is 10.2. The van der Waals surface area contributed by atoms with Crippen LogP contribution in [0.4, 0.5) is 4.79 Å². The van der Waals surface area contributed by atoms with Gasteiger partial charge in [0.2, 0.25) is 0 Å². The van der Waals surface area contributed by atoms with Crippen molar-refractivity contribution in [3.8, 4) is 0 Å². The molecule has 106 valence electrons. The molecule has 5 heteroatoms. The van der Waals surface area contributed by atoms with Crippen LogP contribution in [0.25, 0.3) is 0 Å². The minimum Gasteiger partial charge on any atom is -0.444 e. The van der Waals surface area contributed by atoms with Crippen LogP contribution < -0.4 is 5.73 Å². The number of nitrogens with two attached hydrogens (primary N) is 1. The molecule has 0 spiro atoms. The zero-order valence-electron chi connectivity index (χ0n) is 11.9. The summed E-state index contributed by atoms with van der Waals surface area (Å²) in [6, 6.07) is 5.64. The van der Waals surface area contributed by atoms with E-state index in [2.05, 4.69) is 4.98 Å². The molecule has 0 aliphatic heterocycles. The van der Waals surface area contributed by atoms with Gasteiger partial charge in [0, 0.05) is 12.7 Å². The molecule has 0 saturated heterocycles. The van der Waals surface area contributed by atoms with Crippen molar-refractivity contribution in [3.63, 3.8) is 0 Å². The highest BCUT2D eigenvalue weighted by molar-refractivity contribution is 5.68. The first-order chi connectivity index (χ1) is 8.92. The summed E-state index contributed by atoms with van der Waals surface area (Å²) in [7, 11) is 0. The number of carbonyl (C=O) groups is 1. The van der Waals surface area contributed by atoms with Crippen LogP contribution in [-0.2, 0) is 11.3 Å². The van der Waals surface area contributed by atoms with Gasteiger partial charge in [-0.25, -0.2) is 4.79 Å². The van der Waals surface area contributed by atoms with Gasteiger partial charge < -0.3 is 15.4 Å². The molecule has 0 radical (unpaired) electrons. The molecule has 0 aliphatic carbocycles. The highest BCUT2D eigenvalue weighted by Gasteiger charge is 2.22. The molecule has 0 aromatic carbocycles. The van der Waals surface area contributed by atoms with Crippen molar-refractivity contribution < 1.29 is 9.53 Å². The van der Waals surface area contributed by atoms with E-state index in [4.69, 9.17) is 10.5 Å². The molecular weight excluding hydrogens is 242 g/mol. The van der Waals surface area contributed by atoms with Crippen LogP contribution in [0.2, 0.25) is 0 Å². The van der Waals surface area contributed by atoms with Crippen LogP contribution in [0.1, 0.15) is 32.9 Å². The van der Waals surface area contributed by atoms with E-state index in [-0.39, 0.29) is 6.09 Å². The van der Waals surface area contributed by atoms with E-state index < -0.39 is 5.60 Å². The summed E-state index contributed by atoms with van der Waals surface area (Å²) in [4.78, 5) is 18.0. The van der Waals surface area contributed by atoms with E-state index in [9.17, 15) is 4.79 Å². The summed E-state index contributed by atoms with van der Waals surface area (Å²) >= 11 is 0. The van der Waals surface area contributed by atoms with Gasteiger partial charge in [-0.05, 0) is 45.9 Å². The fourth-order valence-electron chi connectivity index (χ4n) is 1.53. The first kappa shape index (κ1) is 15.4. The Kier molecular flexibility index (Phi) is 5.76. The van der Waals surface area contributed by atoms with E-state index in [1.54, 1.807) is 11.1 Å². The molecule has 1 heterocycles. The largest absolute Gasteiger partial charge is 0.444 e. The van der Waals surface area contributed by atoms with E-state index in [1.807, 2.05) is 39.0 Å². The quantitative estimate of drug-likeness (QED) is 0.886. The number of aromatic nitrogens is 1. The Morgan fingerprint density at radius 2 is 2.16 bits per heavy atom. The molecule has 5 nitrogen and oxygen atoms in total. The fourth-order valence-corrected chi connectivity index (χ4v) is 1.53. The Morgan fingerprint density at radius 1 is 1.42 bits per heavy atom. The number of hydrogen-bond acceptors (Lipinski definition) is 4. The Labute approximate surface area is 114 Å². The molecule has 2 N–H and O–H groups in total. The minimum atomic E-state index is -0.498. The maximum Gasteiger partial charge on any atom is 0.410 e. The van der Waals surface area contributed by atoms with Crippen molar-refractivity contribution in [2.75, 3.05) is 13.1 Å². The van der Waals surface area contributed by atoms with Crippen LogP contribution in [-0.4, -0.2) is 34.7 Å².